The molecule has 3 heteroatoms. The first-order chi connectivity index (χ1) is 9.42. The van der Waals surface area contributed by atoms with E-state index in [0.717, 1.165) is 25.8 Å². The number of alkyl halides is 1. The van der Waals surface area contributed by atoms with Crippen molar-refractivity contribution in [2.75, 3.05) is 7.05 Å². The maximum atomic E-state index is 14.9. The molecule has 4 atom stereocenters. The standard InChI is InChI=1S/C17H25FN2/c1-16-9-10-17(2,19-16)15(18)14(11-16)20(3)12-13-7-5-4-6-8-13/h4-8,14-15,19H,9-12H2,1-3H3/t14-,15-,16-,17+/m1/s1. The number of fused-ring (bicyclic) bond motifs is 2. The van der Waals surface area contributed by atoms with Crippen molar-refractivity contribution in [2.45, 2.75) is 62.9 Å². The van der Waals surface area contributed by atoms with Gasteiger partial charge in [-0.25, -0.2) is 4.39 Å². The summed E-state index contributed by atoms with van der Waals surface area (Å²) in [6, 6.07) is 10.4. The minimum atomic E-state index is -0.799. The largest absolute Gasteiger partial charge is 0.303 e. The van der Waals surface area contributed by atoms with Crippen molar-refractivity contribution in [3.05, 3.63) is 35.9 Å². The lowest BCUT2D eigenvalue weighted by Crippen LogP contribution is -2.65. The molecule has 0 aliphatic carbocycles. The molecule has 0 unspecified atom stereocenters. The summed E-state index contributed by atoms with van der Waals surface area (Å²) < 4.78 is 14.9. The normalized spacial score (nSPS) is 40.2. The van der Waals surface area contributed by atoms with Crippen molar-refractivity contribution in [3.63, 3.8) is 0 Å². The van der Waals surface area contributed by atoms with Crippen LogP contribution in [0.3, 0.4) is 0 Å². The lowest BCUT2D eigenvalue weighted by Gasteiger charge is -2.47. The van der Waals surface area contributed by atoms with Crippen molar-refractivity contribution in [3.8, 4) is 0 Å². The summed E-state index contributed by atoms with van der Waals surface area (Å²) >= 11 is 0. The van der Waals surface area contributed by atoms with Gasteiger partial charge in [-0.15, -0.1) is 0 Å². The number of nitrogens with one attached hydrogen (secondary N) is 1. The smallest absolute Gasteiger partial charge is 0.133 e. The van der Waals surface area contributed by atoms with Crippen molar-refractivity contribution >= 4 is 0 Å². The van der Waals surface area contributed by atoms with E-state index in [1.807, 2.05) is 25.1 Å². The van der Waals surface area contributed by atoms with Crippen LogP contribution < -0.4 is 5.32 Å². The summed E-state index contributed by atoms with van der Waals surface area (Å²) in [4.78, 5) is 2.20. The molecule has 2 nitrogen and oxygen atoms in total. The SMILES string of the molecule is CN(Cc1ccccc1)[C@@H]1C[C@@]2(C)CC[C@](C)(N2)[C@@H]1F. The molecular weight excluding hydrogens is 251 g/mol. The van der Waals surface area contributed by atoms with Gasteiger partial charge in [0.15, 0.2) is 0 Å². The first kappa shape index (κ1) is 14.0. The fourth-order valence-corrected chi connectivity index (χ4v) is 4.07. The van der Waals surface area contributed by atoms with Crippen LogP contribution in [0.1, 0.15) is 38.7 Å². The van der Waals surface area contributed by atoms with Gasteiger partial charge < -0.3 is 5.32 Å². The highest BCUT2D eigenvalue weighted by Crippen LogP contribution is 2.44. The van der Waals surface area contributed by atoms with Gasteiger partial charge >= 0.3 is 0 Å². The van der Waals surface area contributed by atoms with Crippen LogP contribution in [0.4, 0.5) is 4.39 Å². The quantitative estimate of drug-likeness (QED) is 0.912. The number of piperidine rings is 1. The van der Waals surface area contributed by atoms with Crippen LogP contribution in [0.2, 0.25) is 0 Å². The fraction of sp³-hybridized carbons (Fsp3) is 0.647. The Morgan fingerprint density at radius 1 is 1.25 bits per heavy atom. The molecule has 3 rings (SSSR count). The average molecular weight is 276 g/mol. The Hall–Kier alpha value is -0.930. The molecule has 0 saturated carbocycles. The Morgan fingerprint density at radius 3 is 2.65 bits per heavy atom. The van der Waals surface area contributed by atoms with E-state index in [-0.39, 0.29) is 17.1 Å². The van der Waals surface area contributed by atoms with E-state index < -0.39 is 6.17 Å². The Kier molecular flexibility index (Phi) is 3.38. The van der Waals surface area contributed by atoms with Gasteiger partial charge in [-0.1, -0.05) is 30.3 Å². The van der Waals surface area contributed by atoms with Crippen LogP contribution in [0.25, 0.3) is 0 Å². The van der Waals surface area contributed by atoms with Crippen LogP contribution >= 0.6 is 0 Å². The number of hydrogen-bond donors (Lipinski definition) is 1. The van der Waals surface area contributed by atoms with E-state index in [4.69, 9.17) is 0 Å². The van der Waals surface area contributed by atoms with Gasteiger partial charge in [0.25, 0.3) is 0 Å². The van der Waals surface area contributed by atoms with E-state index in [9.17, 15) is 4.39 Å². The second kappa shape index (κ2) is 4.81. The predicted molar refractivity (Wildman–Crippen MR) is 80.4 cm³/mol. The molecule has 1 aromatic rings. The number of benzene rings is 1. The molecule has 2 saturated heterocycles. The highest BCUT2D eigenvalue weighted by molar-refractivity contribution is 5.17. The molecule has 1 N–H and O–H groups in total. The molecule has 2 aliphatic rings. The van der Waals surface area contributed by atoms with Crippen LogP contribution in [0, 0.1) is 0 Å². The summed E-state index contributed by atoms with van der Waals surface area (Å²) in [5.41, 5.74) is 1.01. The molecular formula is C17H25FN2. The first-order valence-electron chi connectivity index (χ1n) is 7.60. The third-order valence-corrected chi connectivity index (χ3v) is 5.23. The van der Waals surface area contributed by atoms with E-state index in [2.05, 4.69) is 36.3 Å². The summed E-state index contributed by atoms with van der Waals surface area (Å²) in [6.45, 7) is 5.11. The van der Waals surface area contributed by atoms with Crippen molar-refractivity contribution in [1.82, 2.24) is 10.2 Å². The van der Waals surface area contributed by atoms with Gasteiger partial charge in [0.1, 0.15) is 6.17 Å². The lowest BCUT2D eigenvalue weighted by molar-refractivity contribution is 0.0139. The number of rotatable bonds is 3. The predicted octanol–water partition coefficient (Wildman–Crippen LogP) is 3.13. The molecule has 1 aromatic carbocycles. The Balaban J connectivity index is 1.76. The summed E-state index contributed by atoms with van der Waals surface area (Å²) in [7, 11) is 2.06. The maximum Gasteiger partial charge on any atom is 0.133 e. The van der Waals surface area contributed by atoms with Crippen LogP contribution in [-0.2, 0) is 6.54 Å². The Labute approximate surface area is 121 Å². The summed E-state index contributed by atoms with van der Waals surface area (Å²) in [5.74, 6) is 0. The molecule has 0 radical (unpaired) electrons. The van der Waals surface area contributed by atoms with E-state index in [1.54, 1.807) is 0 Å². The van der Waals surface area contributed by atoms with Gasteiger partial charge in [0, 0.05) is 23.7 Å². The second-order valence-electron chi connectivity index (χ2n) is 7.18. The monoisotopic (exact) mass is 276 g/mol. The molecule has 0 spiro atoms. The van der Waals surface area contributed by atoms with Gasteiger partial charge in [-0.05, 0) is 45.7 Å². The highest BCUT2D eigenvalue weighted by atomic mass is 19.1. The number of nitrogens with zero attached hydrogens (tertiary/aromatic N) is 1. The number of hydrogen-bond acceptors (Lipinski definition) is 2. The van der Waals surface area contributed by atoms with Gasteiger partial charge in [-0.3, -0.25) is 4.90 Å². The zero-order valence-electron chi connectivity index (χ0n) is 12.7. The molecule has 20 heavy (non-hydrogen) atoms. The molecule has 2 fully saturated rings. The molecule has 2 aliphatic heterocycles. The maximum absolute atomic E-state index is 14.9. The van der Waals surface area contributed by atoms with E-state index in [1.165, 1.54) is 5.56 Å². The topological polar surface area (TPSA) is 15.3 Å². The first-order valence-corrected chi connectivity index (χ1v) is 7.60. The minimum absolute atomic E-state index is 0.00829. The summed E-state index contributed by atoms with van der Waals surface area (Å²) in [5, 5.41) is 3.54. The Bertz CT molecular complexity index is 477. The molecule has 0 aromatic heterocycles. The Morgan fingerprint density at radius 2 is 1.95 bits per heavy atom. The van der Waals surface area contributed by atoms with Crippen molar-refractivity contribution in [2.24, 2.45) is 0 Å². The summed E-state index contributed by atoms with van der Waals surface area (Å²) in [6.07, 6.45) is 2.12. The van der Waals surface area contributed by atoms with E-state index in [0.29, 0.717) is 0 Å². The lowest BCUT2D eigenvalue weighted by atomic mass is 9.82. The van der Waals surface area contributed by atoms with Gasteiger partial charge in [0.05, 0.1) is 0 Å². The highest BCUT2D eigenvalue weighted by Gasteiger charge is 2.55. The van der Waals surface area contributed by atoms with Crippen molar-refractivity contribution < 1.29 is 4.39 Å². The van der Waals surface area contributed by atoms with Crippen LogP contribution in [0.5, 0.6) is 0 Å². The van der Waals surface area contributed by atoms with Crippen molar-refractivity contribution in [1.29, 1.82) is 0 Å². The third kappa shape index (κ3) is 2.38. The third-order valence-electron chi connectivity index (χ3n) is 5.23. The van der Waals surface area contributed by atoms with Crippen LogP contribution in [0.15, 0.2) is 30.3 Å². The zero-order valence-corrected chi connectivity index (χ0v) is 12.7. The van der Waals surface area contributed by atoms with Gasteiger partial charge in [-0.2, -0.15) is 0 Å². The molecule has 2 bridgehead atoms. The van der Waals surface area contributed by atoms with E-state index >= 15 is 0 Å². The molecule has 110 valence electrons. The van der Waals surface area contributed by atoms with Gasteiger partial charge in [0.2, 0.25) is 0 Å². The minimum Gasteiger partial charge on any atom is -0.303 e. The zero-order chi connectivity index (χ0) is 14.4. The fourth-order valence-electron chi connectivity index (χ4n) is 4.07. The number of halogens is 1. The molecule has 0 amide bonds. The molecule has 2 heterocycles. The van der Waals surface area contributed by atoms with Crippen LogP contribution in [-0.4, -0.2) is 35.2 Å². The average Bonchev–Trinajstić information content (AvgIpc) is 2.69. The second-order valence-corrected chi connectivity index (χ2v) is 7.18.